The highest BCUT2D eigenvalue weighted by Crippen LogP contribution is 2.21. The average Bonchev–Trinajstić information content (AvgIpc) is 2.70. The molecule has 1 aromatic heterocycles. The number of hydrogen-bond donors (Lipinski definition) is 1. The van der Waals surface area contributed by atoms with E-state index in [1.165, 1.54) is 4.68 Å². The molecule has 19 heavy (non-hydrogen) atoms. The number of carbonyl (C=O) groups excluding carboxylic acids is 1. The Labute approximate surface area is 114 Å². The highest BCUT2D eigenvalue weighted by Gasteiger charge is 2.15. The van der Waals surface area contributed by atoms with Gasteiger partial charge in [-0.25, -0.2) is 0 Å². The predicted octanol–water partition coefficient (Wildman–Crippen LogP) is 0.612. The minimum atomic E-state index is -0.532. The summed E-state index contributed by atoms with van der Waals surface area (Å²) in [5.74, 6) is -0.594. The zero-order valence-electron chi connectivity index (χ0n) is 10.5. The normalized spacial score (nSPS) is 10.4. The Kier molecular flexibility index (Phi) is 4.06. The summed E-state index contributed by atoms with van der Waals surface area (Å²) in [6.45, 7) is 1.98. The van der Waals surface area contributed by atoms with Crippen LogP contribution in [0.2, 0.25) is 0 Å². The van der Waals surface area contributed by atoms with Crippen molar-refractivity contribution in [2.24, 2.45) is 7.05 Å². The number of benzene rings is 1. The van der Waals surface area contributed by atoms with Crippen LogP contribution in [0.15, 0.2) is 33.8 Å². The second-order valence-electron chi connectivity index (χ2n) is 3.99. The van der Waals surface area contributed by atoms with Crippen LogP contribution >= 0.6 is 11.8 Å². The Morgan fingerprint density at radius 2 is 2.16 bits per heavy atom. The van der Waals surface area contributed by atoms with Gasteiger partial charge in [0.05, 0.1) is 11.0 Å². The highest BCUT2D eigenvalue weighted by atomic mass is 32.2. The Bertz CT molecular complexity index is 561. The predicted molar refractivity (Wildman–Crippen MR) is 67.7 cm³/mol. The third kappa shape index (κ3) is 3.47. The van der Waals surface area contributed by atoms with Gasteiger partial charge in [0.15, 0.2) is 13.0 Å². The topological polar surface area (TPSA) is 82.1 Å². The molecule has 0 radical (unpaired) electrons. The van der Waals surface area contributed by atoms with Gasteiger partial charge in [-0.05, 0) is 30.8 Å². The van der Waals surface area contributed by atoms with E-state index in [2.05, 4.69) is 15.1 Å². The largest absolute Gasteiger partial charge is 0.538 e. The molecule has 1 aromatic carbocycles. The maximum Gasteiger partial charge on any atom is 0.291 e. The molecule has 0 spiro atoms. The van der Waals surface area contributed by atoms with Gasteiger partial charge in [-0.1, -0.05) is 22.4 Å². The molecule has 100 valence electrons. The number of hydrogen-bond acceptors (Lipinski definition) is 5. The lowest BCUT2D eigenvalue weighted by molar-refractivity contribution is -0.772. The van der Waals surface area contributed by atoms with E-state index in [0.717, 1.165) is 23.0 Å². The molecule has 0 unspecified atom stereocenters. The lowest BCUT2D eigenvalue weighted by Crippen LogP contribution is -2.32. The van der Waals surface area contributed by atoms with E-state index in [9.17, 15) is 9.90 Å². The lowest BCUT2D eigenvalue weighted by Gasteiger charge is -2.04. The molecule has 0 aliphatic carbocycles. The molecule has 1 N–H and O–H groups in total. The van der Waals surface area contributed by atoms with Crippen LogP contribution < -0.4 is 15.1 Å². The van der Waals surface area contributed by atoms with Gasteiger partial charge in [0.1, 0.15) is 0 Å². The Hall–Kier alpha value is -2.02. The number of thioether (sulfide) groups is 1. The molecule has 1 heterocycles. The molecule has 0 saturated carbocycles. The molecule has 0 fully saturated rings. The first-order chi connectivity index (χ1) is 9.06. The quantitative estimate of drug-likeness (QED) is 0.655. The number of carbonyl (C=O) groups is 1. The summed E-state index contributed by atoms with van der Waals surface area (Å²) < 4.78 is 5.78. The van der Waals surface area contributed by atoms with E-state index >= 15 is 0 Å². The molecule has 0 aliphatic rings. The van der Waals surface area contributed by atoms with Gasteiger partial charge < -0.3 is 14.9 Å². The summed E-state index contributed by atoms with van der Waals surface area (Å²) in [6.07, 6.45) is 0. The second-order valence-corrected chi connectivity index (χ2v) is 4.96. The van der Waals surface area contributed by atoms with Crippen molar-refractivity contribution in [3.63, 3.8) is 0 Å². The number of anilines is 1. The monoisotopic (exact) mass is 279 g/mol. The number of aryl methyl sites for hydroxylation is 2. The number of rotatable bonds is 4. The van der Waals surface area contributed by atoms with Crippen molar-refractivity contribution < 1.29 is 19.1 Å². The van der Waals surface area contributed by atoms with Crippen LogP contribution in [-0.4, -0.2) is 16.9 Å². The minimum absolute atomic E-state index is 0.123. The maximum absolute atomic E-state index is 11.7. The summed E-state index contributed by atoms with van der Waals surface area (Å²) in [5.41, 5.74) is 1.85. The molecule has 1 amide bonds. The van der Waals surface area contributed by atoms with Gasteiger partial charge >= 0.3 is 0 Å². The third-order valence-corrected chi connectivity index (χ3v) is 3.50. The van der Waals surface area contributed by atoms with E-state index in [1.54, 1.807) is 7.05 Å². The summed E-state index contributed by atoms with van der Waals surface area (Å²) in [5, 5.41) is 17.8. The van der Waals surface area contributed by atoms with Gasteiger partial charge in [-0.2, -0.15) is 0 Å². The molecule has 2 aromatic rings. The molecule has 2 rings (SSSR count). The van der Waals surface area contributed by atoms with E-state index in [0.29, 0.717) is 5.03 Å². The highest BCUT2D eigenvalue weighted by molar-refractivity contribution is 7.99. The maximum atomic E-state index is 11.7. The molecule has 0 bridgehead atoms. The zero-order valence-corrected chi connectivity index (χ0v) is 11.4. The molecule has 0 aliphatic heterocycles. The van der Waals surface area contributed by atoms with Crippen LogP contribution in [0.4, 0.5) is 5.69 Å². The molecular weight excluding hydrogens is 266 g/mol. The van der Waals surface area contributed by atoms with Crippen LogP contribution in [0.25, 0.3) is 0 Å². The fraction of sp³-hybridized carbons (Fsp3) is 0.250. The summed E-state index contributed by atoms with van der Waals surface area (Å²) in [4.78, 5) is 11.7. The summed E-state index contributed by atoms with van der Waals surface area (Å²) in [6, 6.07) is 7.49. The number of nitrogens with zero attached hydrogens (tertiary/aromatic N) is 2. The first-order valence-corrected chi connectivity index (χ1v) is 6.57. The van der Waals surface area contributed by atoms with Crippen molar-refractivity contribution in [2.45, 2.75) is 11.9 Å². The molecule has 6 nitrogen and oxygen atoms in total. The number of aromatic nitrogens is 2. The van der Waals surface area contributed by atoms with Crippen molar-refractivity contribution in [2.75, 3.05) is 11.1 Å². The summed E-state index contributed by atoms with van der Waals surface area (Å²) >= 11 is 1.09. The Balaban J connectivity index is 1.90. The Morgan fingerprint density at radius 1 is 1.47 bits per heavy atom. The van der Waals surface area contributed by atoms with Crippen molar-refractivity contribution >= 4 is 23.4 Å². The van der Waals surface area contributed by atoms with Crippen molar-refractivity contribution in [3.05, 3.63) is 29.8 Å². The Morgan fingerprint density at radius 3 is 2.74 bits per heavy atom. The van der Waals surface area contributed by atoms with Crippen LogP contribution in [0.5, 0.6) is 5.95 Å². The fourth-order valence-electron chi connectivity index (χ4n) is 1.43. The van der Waals surface area contributed by atoms with Gasteiger partial charge in [0.25, 0.3) is 5.03 Å². The van der Waals surface area contributed by atoms with Crippen LogP contribution in [0.1, 0.15) is 5.56 Å². The minimum Gasteiger partial charge on any atom is -0.538 e. The van der Waals surface area contributed by atoms with Crippen molar-refractivity contribution in [1.82, 2.24) is 5.27 Å². The van der Waals surface area contributed by atoms with E-state index < -0.39 is 5.95 Å². The molecular formula is C12H13N3O3S. The zero-order chi connectivity index (χ0) is 13.8. The molecule has 7 heteroatoms. The standard InChI is InChI=1S/C12H13N3O3S/c1-8-3-5-9(6-4-8)13-10(16)7-19-11-12(17)18-14-15(11)2/h3-6H,7H2,1-2H3,(H-,13,14,16,17). The fourth-order valence-corrected chi connectivity index (χ4v) is 2.14. The molecule has 0 saturated heterocycles. The molecule has 0 atom stereocenters. The summed E-state index contributed by atoms with van der Waals surface area (Å²) in [7, 11) is 1.59. The lowest BCUT2D eigenvalue weighted by atomic mass is 10.2. The number of nitrogens with one attached hydrogen (secondary N) is 1. The van der Waals surface area contributed by atoms with Gasteiger partial charge in [0, 0.05) is 5.69 Å². The first kappa shape index (κ1) is 13.4. The third-order valence-electron chi connectivity index (χ3n) is 2.39. The van der Waals surface area contributed by atoms with E-state index in [4.69, 9.17) is 0 Å². The SMILES string of the molecule is Cc1ccc(NC(=O)CSc2c([O-])on[n+]2C)cc1. The van der Waals surface area contributed by atoms with Gasteiger partial charge in [-0.3, -0.25) is 4.79 Å². The average molecular weight is 279 g/mol. The first-order valence-electron chi connectivity index (χ1n) is 5.58. The van der Waals surface area contributed by atoms with Gasteiger partial charge in [0.2, 0.25) is 5.91 Å². The number of amides is 1. The van der Waals surface area contributed by atoms with E-state index in [-0.39, 0.29) is 11.7 Å². The van der Waals surface area contributed by atoms with Crippen LogP contribution in [-0.2, 0) is 11.8 Å². The van der Waals surface area contributed by atoms with Gasteiger partial charge in [-0.15, -0.1) is 0 Å². The van der Waals surface area contributed by atoms with Crippen LogP contribution in [0, 0.1) is 6.92 Å². The van der Waals surface area contributed by atoms with Crippen molar-refractivity contribution in [3.8, 4) is 5.95 Å². The second kappa shape index (κ2) is 5.75. The van der Waals surface area contributed by atoms with Crippen LogP contribution in [0.3, 0.4) is 0 Å². The van der Waals surface area contributed by atoms with Crippen molar-refractivity contribution in [1.29, 1.82) is 0 Å². The van der Waals surface area contributed by atoms with E-state index in [1.807, 2.05) is 31.2 Å². The smallest absolute Gasteiger partial charge is 0.291 e.